The third kappa shape index (κ3) is 2.81. The molecular formula is C11H14Cl2N2O2S. The van der Waals surface area contributed by atoms with E-state index < -0.39 is 10.0 Å². The molecule has 4 nitrogen and oxygen atoms in total. The van der Waals surface area contributed by atoms with Gasteiger partial charge in [0, 0.05) is 25.7 Å². The van der Waals surface area contributed by atoms with E-state index in [1.165, 1.54) is 22.5 Å². The topological polar surface area (TPSA) is 49.4 Å². The molecule has 0 amide bonds. The Morgan fingerprint density at radius 3 is 2.67 bits per heavy atom. The Hall–Kier alpha value is -0.330. The number of rotatable bonds is 2. The van der Waals surface area contributed by atoms with Crippen LogP contribution in [0.2, 0.25) is 10.0 Å². The van der Waals surface area contributed by atoms with Gasteiger partial charge in [-0.1, -0.05) is 23.2 Å². The van der Waals surface area contributed by atoms with Crippen molar-refractivity contribution in [3.05, 3.63) is 28.2 Å². The maximum atomic E-state index is 12.4. The van der Waals surface area contributed by atoms with Crippen molar-refractivity contribution in [1.29, 1.82) is 0 Å². The van der Waals surface area contributed by atoms with Crippen LogP contribution in [-0.4, -0.2) is 38.4 Å². The minimum absolute atomic E-state index is 0.149. The van der Waals surface area contributed by atoms with Gasteiger partial charge in [-0.25, -0.2) is 8.42 Å². The molecular weight excluding hydrogens is 295 g/mol. The maximum absolute atomic E-state index is 12.4. The molecule has 2 rings (SSSR count). The van der Waals surface area contributed by atoms with Crippen LogP contribution >= 0.6 is 23.2 Å². The number of nitrogens with one attached hydrogen (secondary N) is 1. The summed E-state index contributed by atoms with van der Waals surface area (Å²) in [6.07, 6.45) is 0. The number of hydrogen-bond donors (Lipinski definition) is 1. The quantitative estimate of drug-likeness (QED) is 0.909. The Balaban J connectivity index is 2.32. The first kappa shape index (κ1) is 14.1. The SMILES string of the molecule is C[C@@H]1CN(S(=O)(=O)c2ccc(Cl)c(Cl)c2)CCN1. The van der Waals surface area contributed by atoms with Crippen LogP contribution in [0, 0.1) is 0 Å². The van der Waals surface area contributed by atoms with E-state index in [0.29, 0.717) is 24.7 Å². The lowest BCUT2D eigenvalue weighted by Gasteiger charge is -2.31. The van der Waals surface area contributed by atoms with Crippen molar-refractivity contribution in [1.82, 2.24) is 9.62 Å². The minimum atomic E-state index is -3.48. The highest BCUT2D eigenvalue weighted by Crippen LogP contribution is 2.26. The molecule has 1 N–H and O–H groups in total. The van der Waals surface area contributed by atoms with Crippen molar-refractivity contribution < 1.29 is 8.42 Å². The van der Waals surface area contributed by atoms with Gasteiger partial charge in [-0.05, 0) is 25.1 Å². The maximum Gasteiger partial charge on any atom is 0.243 e. The standard InChI is InChI=1S/C11H14Cl2N2O2S/c1-8-7-15(5-4-14-8)18(16,17)9-2-3-10(12)11(13)6-9/h2-3,6,8,14H,4-5,7H2,1H3/t8-/m1/s1. The second-order valence-corrected chi connectivity index (χ2v) is 7.05. The van der Waals surface area contributed by atoms with Gasteiger partial charge in [0.25, 0.3) is 0 Å². The molecule has 0 unspecified atom stereocenters. The Labute approximate surface area is 117 Å². The van der Waals surface area contributed by atoms with Gasteiger partial charge in [0.1, 0.15) is 0 Å². The molecule has 1 aliphatic heterocycles. The van der Waals surface area contributed by atoms with Crippen LogP contribution in [0.5, 0.6) is 0 Å². The summed E-state index contributed by atoms with van der Waals surface area (Å²) in [6.45, 7) is 3.54. The first-order valence-corrected chi connectivity index (χ1v) is 7.79. The fourth-order valence-electron chi connectivity index (χ4n) is 1.90. The van der Waals surface area contributed by atoms with Crippen LogP contribution in [0.4, 0.5) is 0 Å². The molecule has 0 aliphatic carbocycles. The first-order valence-electron chi connectivity index (χ1n) is 5.60. The molecule has 0 radical (unpaired) electrons. The van der Waals surface area contributed by atoms with E-state index in [1.807, 2.05) is 6.92 Å². The molecule has 18 heavy (non-hydrogen) atoms. The third-order valence-corrected chi connectivity index (χ3v) is 5.46. The van der Waals surface area contributed by atoms with Gasteiger partial charge >= 0.3 is 0 Å². The molecule has 1 aromatic rings. The van der Waals surface area contributed by atoms with Crippen molar-refractivity contribution in [2.45, 2.75) is 17.9 Å². The lowest BCUT2D eigenvalue weighted by atomic mass is 10.3. The number of halogens is 2. The lowest BCUT2D eigenvalue weighted by molar-refractivity contribution is 0.310. The average Bonchev–Trinajstić information content (AvgIpc) is 2.32. The van der Waals surface area contributed by atoms with Crippen molar-refractivity contribution in [3.8, 4) is 0 Å². The van der Waals surface area contributed by atoms with Crippen molar-refractivity contribution in [2.24, 2.45) is 0 Å². The van der Waals surface area contributed by atoms with Crippen LogP contribution in [0.15, 0.2) is 23.1 Å². The van der Waals surface area contributed by atoms with Gasteiger partial charge in [0.05, 0.1) is 14.9 Å². The number of hydrogen-bond acceptors (Lipinski definition) is 3. The molecule has 0 spiro atoms. The van der Waals surface area contributed by atoms with Gasteiger partial charge in [0.2, 0.25) is 10.0 Å². The van der Waals surface area contributed by atoms with E-state index >= 15 is 0 Å². The molecule has 0 bridgehead atoms. The monoisotopic (exact) mass is 308 g/mol. The zero-order chi connectivity index (χ0) is 13.3. The summed E-state index contributed by atoms with van der Waals surface area (Å²) in [4.78, 5) is 0.186. The summed E-state index contributed by atoms with van der Waals surface area (Å²) >= 11 is 11.6. The number of piperazine rings is 1. The number of sulfonamides is 1. The Kier molecular flexibility index (Phi) is 4.18. The predicted octanol–water partition coefficient (Wildman–Crippen LogP) is 1.98. The van der Waals surface area contributed by atoms with E-state index in [9.17, 15) is 8.42 Å². The summed E-state index contributed by atoms with van der Waals surface area (Å²) in [7, 11) is -3.48. The van der Waals surface area contributed by atoms with Crippen LogP contribution in [0.3, 0.4) is 0 Å². The number of benzene rings is 1. The normalized spacial score (nSPS) is 22.1. The third-order valence-electron chi connectivity index (χ3n) is 2.86. The summed E-state index contributed by atoms with van der Waals surface area (Å²) < 4.78 is 26.3. The van der Waals surface area contributed by atoms with E-state index in [-0.39, 0.29) is 16.0 Å². The predicted molar refractivity (Wildman–Crippen MR) is 72.7 cm³/mol. The molecule has 1 aliphatic rings. The molecule has 0 saturated carbocycles. The highest BCUT2D eigenvalue weighted by atomic mass is 35.5. The van der Waals surface area contributed by atoms with Gasteiger partial charge in [-0.3, -0.25) is 0 Å². The molecule has 100 valence electrons. The van der Waals surface area contributed by atoms with Crippen LogP contribution in [-0.2, 0) is 10.0 Å². The smallest absolute Gasteiger partial charge is 0.243 e. The van der Waals surface area contributed by atoms with Gasteiger partial charge in [-0.2, -0.15) is 4.31 Å². The summed E-state index contributed by atoms with van der Waals surface area (Å²) in [5, 5.41) is 3.80. The van der Waals surface area contributed by atoms with E-state index in [0.717, 1.165) is 0 Å². The van der Waals surface area contributed by atoms with E-state index in [4.69, 9.17) is 23.2 Å². The highest BCUT2D eigenvalue weighted by Gasteiger charge is 2.28. The average molecular weight is 309 g/mol. The largest absolute Gasteiger partial charge is 0.312 e. The Bertz CT molecular complexity index is 548. The number of nitrogens with zero attached hydrogens (tertiary/aromatic N) is 1. The molecule has 7 heteroatoms. The van der Waals surface area contributed by atoms with Crippen LogP contribution in [0.25, 0.3) is 0 Å². The van der Waals surface area contributed by atoms with Crippen molar-refractivity contribution >= 4 is 33.2 Å². The summed E-state index contributed by atoms with van der Waals surface area (Å²) in [6, 6.07) is 4.53. The summed E-state index contributed by atoms with van der Waals surface area (Å²) in [5.74, 6) is 0. The first-order chi connectivity index (χ1) is 8.41. The van der Waals surface area contributed by atoms with E-state index in [1.54, 1.807) is 0 Å². The minimum Gasteiger partial charge on any atom is -0.312 e. The molecule has 1 aromatic carbocycles. The lowest BCUT2D eigenvalue weighted by Crippen LogP contribution is -2.51. The van der Waals surface area contributed by atoms with Gasteiger partial charge in [0.15, 0.2) is 0 Å². The van der Waals surface area contributed by atoms with Gasteiger partial charge in [-0.15, -0.1) is 0 Å². The second kappa shape index (κ2) is 5.35. The second-order valence-electron chi connectivity index (χ2n) is 4.29. The fraction of sp³-hybridized carbons (Fsp3) is 0.455. The molecule has 1 heterocycles. The van der Waals surface area contributed by atoms with Crippen LogP contribution < -0.4 is 5.32 Å². The highest BCUT2D eigenvalue weighted by molar-refractivity contribution is 7.89. The van der Waals surface area contributed by atoms with Gasteiger partial charge < -0.3 is 5.32 Å². The Morgan fingerprint density at radius 2 is 2.06 bits per heavy atom. The Morgan fingerprint density at radius 1 is 1.33 bits per heavy atom. The fourth-order valence-corrected chi connectivity index (χ4v) is 3.82. The molecule has 1 fully saturated rings. The molecule has 1 atom stereocenters. The van der Waals surface area contributed by atoms with Crippen LogP contribution in [0.1, 0.15) is 6.92 Å². The van der Waals surface area contributed by atoms with Crippen molar-refractivity contribution in [2.75, 3.05) is 19.6 Å². The van der Waals surface area contributed by atoms with E-state index in [2.05, 4.69) is 5.32 Å². The summed E-state index contributed by atoms with van der Waals surface area (Å²) in [5.41, 5.74) is 0. The molecule has 0 aromatic heterocycles. The van der Waals surface area contributed by atoms with Crippen molar-refractivity contribution in [3.63, 3.8) is 0 Å². The zero-order valence-electron chi connectivity index (χ0n) is 9.86. The molecule has 1 saturated heterocycles. The zero-order valence-corrected chi connectivity index (χ0v) is 12.2.